The lowest BCUT2D eigenvalue weighted by Crippen LogP contribution is -2.32. The number of carbonyl (C=O) groups excluding carboxylic acids is 1. The standard InChI is InChI=1S/C13H13F3N2OS/c14-13(15,16)10(9-4-2-1-3-5-9)8-11(19)18-12-17-6-7-20-12/h1-5,10H,6-8H2,(H,17,18,19). The number of halogens is 3. The van der Waals surface area contributed by atoms with Crippen molar-refractivity contribution in [1.29, 1.82) is 0 Å². The molecule has 3 nitrogen and oxygen atoms in total. The Morgan fingerprint density at radius 1 is 1.35 bits per heavy atom. The zero-order valence-corrected chi connectivity index (χ0v) is 11.3. The van der Waals surface area contributed by atoms with E-state index in [1.165, 1.54) is 36.0 Å². The number of aliphatic imine (C=N–C) groups is 1. The highest BCUT2D eigenvalue weighted by molar-refractivity contribution is 8.14. The summed E-state index contributed by atoms with van der Waals surface area (Å²) in [5.41, 5.74) is 0.0937. The van der Waals surface area contributed by atoms with Crippen molar-refractivity contribution in [1.82, 2.24) is 5.32 Å². The maximum absolute atomic E-state index is 13.1. The molecule has 1 unspecified atom stereocenters. The van der Waals surface area contributed by atoms with E-state index in [1.807, 2.05) is 0 Å². The minimum absolute atomic E-state index is 0.0937. The Labute approximate surface area is 118 Å². The van der Waals surface area contributed by atoms with Gasteiger partial charge in [0.2, 0.25) is 5.91 Å². The van der Waals surface area contributed by atoms with Crippen LogP contribution in [0.15, 0.2) is 35.3 Å². The monoisotopic (exact) mass is 302 g/mol. The number of rotatable bonds is 3. The topological polar surface area (TPSA) is 41.5 Å². The molecule has 1 aromatic rings. The molecule has 0 aromatic heterocycles. The first-order chi connectivity index (χ1) is 9.47. The van der Waals surface area contributed by atoms with Gasteiger partial charge < -0.3 is 5.32 Å². The summed E-state index contributed by atoms with van der Waals surface area (Å²) in [6, 6.07) is 7.47. The number of nitrogens with one attached hydrogen (secondary N) is 1. The number of benzene rings is 1. The van der Waals surface area contributed by atoms with E-state index in [0.717, 1.165) is 5.75 Å². The van der Waals surface area contributed by atoms with Gasteiger partial charge in [-0.05, 0) is 5.56 Å². The number of amidine groups is 1. The minimum atomic E-state index is -4.46. The van der Waals surface area contributed by atoms with E-state index in [-0.39, 0.29) is 5.56 Å². The molecule has 0 aliphatic carbocycles. The van der Waals surface area contributed by atoms with Gasteiger partial charge in [-0.25, -0.2) is 0 Å². The Bertz CT molecular complexity index is 502. The van der Waals surface area contributed by atoms with Gasteiger partial charge >= 0.3 is 6.18 Å². The van der Waals surface area contributed by atoms with E-state index in [4.69, 9.17) is 0 Å². The summed E-state index contributed by atoms with van der Waals surface area (Å²) >= 11 is 1.34. The summed E-state index contributed by atoms with van der Waals surface area (Å²) in [6.45, 7) is 0.585. The van der Waals surface area contributed by atoms with Crippen LogP contribution in [-0.4, -0.2) is 29.5 Å². The minimum Gasteiger partial charge on any atom is -0.305 e. The van der Waals surface area contributed by atoms with Crippen LogP contribution in [-0.2, 0) is 4.79 Å². The maximum Gasteiger partial charge on any atom is 0.396 e. The second-order valence-corrected chi connectivity index (χ2v) is 5.38. The summed E-state index contributed by atoms with van der Waals surface area (Å²) in [7, 11) is 0. The smallest absolute Gasteiger partial charge is 0.305 e. The molecule has 0 radical (unpaired) electrons. The first kappa shape index (κ1) is 14.9. The predicted octanol–water partition coefficient (Wildman–Crippen LogP) is 2.94. The Balaban J connectivity index is 2.07. The van der Waals surface area contributed by atoms with E-state index < -0.39 is 24.4 Å². The number of hydrogen-bond donors (Lipinski definition) is 1. The summed E-state index contributed by atoms with van der Waals surface area (Å²) in [6.07, 6.45) is -5.09. The van der Waals surface area contributed by atoms with Crippen molar-refractivity contribution in [2.24, 2.45) is 4.99 Å². The van der Waals surface area contributed by atoms with Crippen molar-refractivity contribution in [3.63, 3.8) is 0 Å². The molecular weight excluding hydrogens is 289 g/mol. The molecule has 0 bridgehead atoms. The Morgan fingerprint density at radius 3 is 2.60 bits per heavy atom. The normalized spacial score (nSPS) is 16.6. The van der Waals surface area contributed by atoms with Gasteiger partial charge in [0.1, 0.15) is 0 Å². The molecule has 2 rings (SSSR count). The lowest BCUT2D eigenvalue weighted by molar-refractivity contribution is -0.156. The highest BCUT2D eigenvalue weighted by Gasteiger charge is 2.41. The van der Waals surface area contributed by atoms with Gasteiger partial charge in [0.25, 0.3) is 0 Å². The Hall–Kier alpha value is -1.50. The van der Waals surface area contributed by atoms with Gasteiger partial charge in [-0.15, -0.1) is 0 Å². The van der Waals surface area contributed by atoms with Crippen LogP contribution in [0.3, 0.4) is 0 Å². The average Bonchev–Trinajstić information content (AvgIpc) is 2.88. The molecule has 7 heteroatoms. The molecule has 108 valence electrons. The summed E-state index contributed by atoms with van der Waals surface area (Å²) in [5.74, 6) is -1.71. The van der Waals surface area contributed by atoms with Crippen molar-refractivity contribution in [2.75, 3.05) is 12.3 Å². The van der Waals surface area contributed by atoms with E-state index >= 15 is 0 Å². The third-order valence-corrected chi connectivity index (χ3v) is 3.71. The number of carbonyl (C=O) groups is 1. The molecule has 0 saturated heterocycles. The average molecular weight is 302 g/mol. The van der Waals surface area contributed by atoms with Crippen LogP contribution in [0.25, 0.3) is 0 Å². The lowest BCUT2D eigenvalue weighted by Gasteiger charge is -2.20. The number of hydrogen-bond acceptors (Lipinski definition) is 3. The molecule has 1 aliphatic heterocycles. The molecule has 20 heavy (non-hydrogen) atoms. The number of amides is 1. The molecule has 1 atom stereocenters. The largest absolute Gasteiger partial charge is 0.396 e. The molecule has 1 N–H and O–H groups in total. The van der Waals surface area contributed by atoms with Gasteiger partial charge in [-0.1, -0.05) is 42.1 Å². The van der Waals surface area contributed by atoms with Crippen LogP contribution in [0, 0.1) is 0 Å². The number of thioether (sulfide) groups is 1. The fraction of sp³-hybridized carbons (Fsp3) is 0.385. The Morgan fingerprint density at radius 2 is 2.05 bits per heavy atom. The van der Waals surface area contributed by atoms with Crippen molar-refractivity contribution >= 4 is 22.8 Å². The summed E-state index contributed by atoms with van der Waals surface area (Å²) < 4.78 is 39.2. The third kappa shape index (κ3) is 4.00. The van der Waals surface area contributed by atoms with Gasteiger partial charge in [0, 0.05) is 12.2 Å². The molecule has 1 aliphatic rings. The van der Waals surface area contributed by atoms with Gasteiger partial charge in [0.15, 0.2) is 5.17 Å². The predicted molar refractivity (Wildman–Crippen MR) is 72.8 cm³/mol. The highest BCUT2D eigenvalue weighted by Crippen LogP contribution is 2.37. The van der Waals surface area contributed by atoms with E-state index in [2.05, 4.69) is 10.3 Å². The van der Waals surface area contributed by atoms with Crippen molar-refractivity contribution in [3.8, 4) is 0 Å². The highest BCUT2D eigenvalue weighted by atomic mass is 32.2. The zero-order chi connectivity index (χ0) is 14.6. The van der Waals surface area contributed by atoms with Crippen molar-refractivity contribution in [3.05, 3.63) is 35.9 Å². The van der Waals surface area contributed by atoms with Crippen LogP contribution in [0.2, 0.25) is 0 Å². The van der Waals surface area contributed by atoms with Crippen LogP contribution < -0.4 is 5.32 Å². The van der Waals surface area contributed by atoms with Crippen LogP contribution in [0.4, 0.5) is 13.2 Å². The fourth-order valence-electron chi connectivity index (χ4n) is 1.87. The molecular formula is C13H13F3N2OS. The Kier molecular flexibility index (Phi) is 4.69. The molecule has 0 spiro atoms. The second-order valence-electron chi connectivity index (χ2n) is 4.29. The van der Waals surface area contributed by atoms with Crippen LogP contribution in [0.5, 0.6) is 0 Å². The number of alkyl halides is 3. The van der Waals surface area contributed by atoms with Gasteiger partial charge in [-0.3, -0.25) is 9.79 Å². The first-order valence-electron chi connectivity index (χ1n) is 6.05. The van der Waals surface area contributed by atoms with Gasteiger partial charge in [-0.2, -0.15) is 13.2 Å². The quantitative estimate of drug-likeness (QED) is 0.932. The summed E-state index contributed by atoms with van der Waals surface area (Å²) in [4.78, 5) is 15.7. The van der Waals surface area contributed by atoms with E-state index in [0.29, 0.717) is 11.7 Å². The molecule has 0 saturated carbocycles. The molecule has 1 heterocycles. The summed E-state index contributed by atoms with van der Waals surface area (Å²) in [5, 5.41) is 2.83. The molecule has 0 fully saturated rings. The van der Waals surface area contributed by atoms with E-state index in [9.17, 15) is 18.0 Å². The number of nitrogens with zero attached hydrogens (tertiary/aromatic N) is 1. The van der Waals surface area contributed by atoms with E-state index in [1.54, 1.807) is 6.07 Å². The third-order valence-electron chi connectivity index (χ3n) is 2.82. The van der Waals surface area contributed by atoms with Crippen molar-refractivity contribution < 1.29 is 18.0 Å². The lowest BCUT2D eigenvalue weighted by atomic mass is 9.95. The first-order valence-corrected chi connectivity index (χ1v) is 7.04. The van der Waals surface area contributed by atoms with Crippen molar-refractivity contribution in [2.45, 2.75) is 18.5 Å². The van der Waals surface area contributed by atoms with Gasteiger partial charge in [0.05, 0.1) is 12.5 Å². The molecule has 1 amide bonds. The molecule has 1 aromatic carbocycles. The second kappa shape index (κ2) is 6.30. The maximum atomic E-state index is 13.1. The zero-order valence-electron chi connectivity index (χ0n) is 10.5. The van der Waals surface area contributed by atoms with Crippen LogP contribution in [0.1, 0.15) is 17.9 Å². The SMILES string of the molecule is O=C(CC(c1ccccc1)C(F)(F)F)NC1=NCCS1. The fourth-order valence-corrected chi connectivity index (χ4v) is 2.62. The van der Waals surface area contributed by atoms with Crippen LogP contribution >= 0.6 is 11.8 Å².